The first-order valence-corrected chi connectivity index (χ1v) is 6.18. The van der Waals surface area contributed by atoms with E-state index in [0.717, 1.165) is 5.56 Å². The van der Waals surface area contributed by atoms with E-state index >= 15 is 0 Å². The van der Waals surface area contributed by atoms with Crippen LogP contribution in [0.1, 0.15) is 12.5 Å². The minimum atomic E-state index is 0.524. The van der Waals surface area contributed by atoms with Crippen molar-refractivity contribution >= 4 is 18.0 Å². The average molecular weight is 268 g/mol. The maximum atomic E-state index is 5.74. The molecule has 0 radical (unpaired) electrons. The van der Waals surface area contributed by atoms with Gasteiger partial charge in [0.1, 0.15) is 5.75 Å². The van der Waals surface area contributed by atoms with E-state index in [1.54, 1.807) is 42.9 Å². The third-order valence-corrected chi connectivity index (χ3v) is 2.44. The SMILES string of the molecule is C/C=N\N/C=C/c1cccnc1Oc1ccc(N)cc1. The molecule has 0 unspecified atom stereocenters. The van der Waals surface area contributed by atoms with Crippen LogP contribution < -0.4 is 15.9 Å². The number of nitrogen functional groups attached to an aromatic ring is 1. The van der Waals surface area contributed by atoms with Gasteiger partial charge in [-0.1, -0.05) is 0 Å². The summed E-state index contributed by atoms with van der Waals surface area (Å²) in [7, 11) is 0. The predicted molar refractivity (Wildman–Crippen MR) is 81.5 cm³/mol. The van der Waals surface area contributed by atoms with Gasteiger partial charge in [-0.05, 0) is 49.4 Å². The summed E-state index contributed by atoms with van der Waals surface area (Å²) < 4.78 is 5.74. The van der Waals surface area contributed by atoms with Crippen LogP contribution in [0.3, 0.4) is 0 Å². The Morgan fingerprint density at radius 3 is 2.80 bits per heavy atom. The topological polar surface area (TPSA) is 72.5 Å². The van der Waals surface area contributed by atoms with Crippen molar-refractivity contribution in [2.24, 2.45) is 5.10 Å². The fraction of sp³-hybridized carbons (Fsp3) is 0.0667. The van der Waals surface area contributed by atoms with Gasteiger partial charge in [-0.25, -0.2) is 4.98 Å². The summed E-state index contributed by atoms with van der Waals surface area (Å²) >= 11 is 0. The van der Waals surface area contributed by atoms with E-state index in [9.17, 15) is 0 Å². The van der Waals surface area contributed by atoms with Crippen LogP contribution >= 0.6 is 0 Å². The lowest BCUT2D eigenvalue weighted by atomic mass is 10.2. The predicted octanol–water partition coefficient (Wildman–Crippen LogP) is 3.02. The average Bonchev–Trinajstić information content (AvgIpc) is 2.47. The summed E-state index contributed by atoms with van der Waals surface area (Å²) in [6.07, 6.45) is 6.90. The number of nitrogens with two attached hydrogens (primary N) is 1. The number of hydrogen-bond donors (Lipinski definition) is 2. The summed E-state index contributed by atoms with van der Waals surface area (Å²) in [6, 6.07) is 10.9. The first-order chi connectivity index (χ1) is 9.79. The van der Waals surface area contributed by atoms with Gasteiger partial charge in [-0.3, -0.25) is 5.43 Å². The molecule has 0 saturated carbocycles. The van der Waals surface area contributed by atoms with Crippen molar-refractivity contribution < 1.29 is 4.74 Å². The van der Waals surface area contributed by atoms with Gasteiger partial charge in [0.2, 0.25) is 5.88 Å². The van der Waals surface area contributed by atoms with Crippen LogP contribution in [0, 0.1) is 0 Å². The van der Waals surface area contributed by atoms with Gasteiger partial charge in [0.05, 0.1) is 0 Å². The molecule has 0 saturated heterocycles. The van der Waals surface area contributed by atoms with Gasteiger partial charge < -0.3 is 10.5 Å². The summed E-state index contributed by atoms with van der Waals surface area (Å²) in [5.74, 6) is 1.21. The van der Waals surface area contributed by atoms with E-state index in [-0.39, 0.29) is 0 Å². The molecule has 0 aliphatic carbocycles. The fourth-order valence-electron chi connectivity index (χ4n) is 1.51. The molecule has 0 aliphatic heterocycles. The quantitative estimate of drug-likeness (QED) is 0.496. The highest BCUT2D eigenvalue weighted by molar-refractivity contribution is 5.56. The number of anilines is 1. The summed E-state index contributed by atoms with van der Waals surface area (Å²) in [5.41, 5.74) is 9.96. The third kappa shape index (κ3) is 3.84. The second-order valence-electron chi connectivity index (χ2n) is 3.92. The first-order valence-electron chi connectivity index (χ1n) is 6.18. The van der Waals surface area contributed by atoms with Crippen LogP contribution in [0.4, 0.5) is 5.69 Å². The lowest BCUT2D eigenvalue weighted by Gasteiger charge is -2.07. The largest absolute Gasteiger partial charge is 0.438 e. The van der Waals surface area contributed by atoms with Crippen molar-refractivity contribution in [3.8, 4) is 11.6 Å². The number of pyridine rings is 1. The third-order valence-electron chi connectivity index (χ3n) is 2.44. The highest BCUT2D eigenvalue weighted by Gasteiger charge is 2.03. The summed E-state index contributed by atoms with van der Waals surface area (Å²) in [5, 5.41) is 3.87. The molecule has 102 valence electrons. The number of hydrogen-bond acceptors (Lipinski definition) is 5. The molecular formula is C15H16N4O. The zero-order valence-corrected chi connectivity index (χ0v) is 11.2. The van der Waals surface area contributed by atoms with Crippen LogP contribution in [0.15, 0.2) is 53.9 Å². The van der Waals surface area contributed by atoms with E-state index < -0.39 is 0 Å². The monoisotopic (exact) mass is 268 g/mol. The smallest absolute Gasteiger partial charge is 0.226 e. The Hall–Kier alpha value is -2.82. The van der Waals surface area contributed by atoms with Crippen LogP contribution in [0.25, 0.3) is 6.08 Å². The molecule has 1 aromatic carbocycles. The highest BCUT2D eigenvalue weighted by Crippen LogP contribution is 2.24. The maximum Gasteiger partial charge on any atom is 0.226 e. The zero-order valence-electron chi connectivity index (χ0n) is 11.2. The van der Waals surface area contributed by atoms with Crippen LogP contribution in [-0.2, 0) is 0 Å². The Bertz CT molecular complexity index is 606. The van der Waals surface area contributed by atoms with Crippen molar-refractivity contribution in [2.45, 2.75) is 6.92 Å². The van der Waals surface area contributed by atoms with Crippen molar-refractivity contribution in [3.05, 3.63) is 54.4 Å². The van der Waals surface area contributed by atoms with Crippen LogP contribution in [0.2, 0.25) is 0 Å². The van der Waals surface area contributed by atoms with E-state index in [0.29, 0.717) is 17.3 Å². The second-order valence-corrected chi connectivity index (χ2v) is 3.92. The van der Waals surface area contributed by atoms with Gasteiger partial charge in [-0.2, -0.15) is 5.10 Å². The molecule has 0 spiro atoms. The summed E-state index contributed by atoms with van der Waals surface area (Å²) in [6.45, 7) is 1.83. The Labute approximate surface area is 117 Å². The molecule has 5 nitrogen and oxygen atoms in total. The number of aromatic nitrogens is 1. The highest BCUT2D eigenvalue weighted by atomic mass is 16.5. The number of benzene rings is 1. The summed E-state index contributed by atoms with van der Waals surface area (Å²) in [4.78, 5) is 4.22. The molecule has 0 fully saturated rings. The number of nitrogens with zero attached hydrogens (tertiary/aromatic N) is 2. The fourth-order valence-corrected chi connectivity index (χ4v) is 1.51. The van der Waals surface area contributed by atoms with Crippen LogP contribution in [0.5, 0.6) is 11.6 Å². The van der Waals surface area contributed by atoms with Crippen molar-refractivity contribution in [1.29, 1.82) is 0 Å². The molecule has 0 bridgehead atoms. The molecule has 0 amide bonds. The molecule has 1 aromatic heterocycles. The van der Waals surface area contributed by atoms with Gasteiger partial charge >= 0.3 is 0 Å². The Kier molecular flexibility index (Phi) is 4.72. The van der Waals surface area contributed by atoms with Gasteiger partial charge in [-0.15, -0.1) is 0 Å². The van der Waals surface area contributed by atoms with E-state index in [1.807, 2.05) is 25.1 Å². The van der Waals surface area contributed by atoms with Gasteiger partial charge in [0.15, 0.2) is 0 Å². The van der Waals surface area contributed by atoms with Crippen molar-refractivity contribution in [3.63, 3.8) is 0 Å². The standard InChI is InChI=1S/C15H16N4O/c1-2-18-19-11-9-12-4-3-10-17-15(12)20-14-7-5-13(16)6-8-14/h2-11,19H,16H2,1H3/b11-9+,18-2-. The lowest BCUT2D eigenvalue weighted by Crippen LogP contribution is -1.94. The normalized spacial score (nSPS) is 11.1. The maximum absolute atomic E-state index is 5.74. The second kappa shape index (κ2) is 6.94. The van der Waals surface area contributed by atoms with Gasteiger partial charge in [0, 0.05) is 29.9 Å². The molecule has 2 aromatic rings. The molecule has 3 N–H and O–H groups in total. The van der Waals surface area contributed by atoms with Crippen LogP contribution in [-0.4, -0.2) is 11.2 Å². The van der Waals surface area contributed by atoms with E-state index in [1.165, 1.54) is 0 Å². The Morgan fingerprint density at radius 1 is 1.25 bits per heavy atom. The lowest BCUT2D eigenvalue weighted by molar-refractivity contribution is 0.462. The number of nitrogens with one attached hydrogen (secondary N) is 1. The molecule has 2 rings (SSSR count). The van der Waals surface area contributed by atoms with E-state index in [2.05, 4.69) is 15.5 Å². The molecule has 1 heterocycles. The van der Waals surface area contributed by atoms with Crippen molar-refractivity contribution in [2.75, 3.05) is 5.73 Å². The minimum Gasteiger partial charge on any atom is -0.438 e. The van der Waals surface area contributed by atoms with Crippen molar-refractivity contribution in [1.82, 2.24) is 10.4 Å². The van der Waals surface area contributed by atoms with E-state index in [4.69, 9.17) is 10.5 Å². The zero-order chi connectivity index (χ0) is 14.2. The molecular weight excluding hydrogens is 252 g/mol. The minimum absolute atomic E-state index is 0.524. The molecule has 0 aliphatic rings. The Morgan fingerprint density at radius 2 is 2.05 bits per heavy atom. The Balaban J connectivity index is 2.15. The molecule has 0 atom stereocenters. The molecule has 20 heavy (non-hydrogen) atoms. The number of rotatable bonds is 5. The first kappa shape index (κ1) is 13.6. The number of hydrazone groups is 1. The molecule has 5 heteroatoms. The number of ether oxygens (including phenoxy) is 1. The van der Waals surface area contributed by atoms with Gasteiger partial charge in [0.25, 0.3) is 0 Å².